The predicted octanol–water partition coefficient (Wildman–Crippen LogP) is 3.48. The molecule has 0 N–H and O–H groups in total. The molecule has 86 valence electrons. The van der Waals surface area contributed by atoms with Gasteiger partial charge in [-0.15, -0.1) is 0 Å². The van der Waals surface area contributed by atoms with Crippen LogP contribution in [0.15, 0.2) is 16.6 Å². The van der Waals surface area contributed by atoms with Gasteiger partial charge in [0.15, 0.2) is 12.1 Å². The first-order valence-corrected chi connectivity index (χ1v) is 4.93. The van der Waals surface area contributed by atoms with Crippen LogP contribution in [0.2, 0.25) is 0 Å². The lowest BCUT2D eigenvalue weighted by atomic mass is 10.0. The van der Waals surface area contributed by atoms with E-state index in [0.717, 1.165) is 19.1 Å². The van der Waals surface area contributed by atoms with Gasteiger partial charge in [-0.05, 0) is 19.1 Å². The van der Waals surface area contributed by atoms with Gasteiger partial charge >= 0.3 is 6.18 Å². The van der Waals surface area contributed by atoms with Crippen molar-refractivity contribution in [1.82, 2.24) is 0 Å². The van der Waals surface area contributed by atoms with Gasteiger partial charge in [0.05, 0.1) is 5.56 Å². The molecule has 0 aliphatic carbocycles. The molecule has 1 rings (SSSR count). The Morgan fingerprint density at radius 2 is 1.94 bits per heavy atom. The van der Waals surface area contributed by atoms with Crippen molar-refractivity contribution >= 4 is 28.0 Å². The molecule has 0 fully saturated rings. The zero-order valence-corrected chi connectivity index (χ0v) is 9.65. The molecule has 0 unspecified atom stereocenters. The van der Waals surface area contributed by atoms with Gasteiger partial charge in [0.1, 0.15) is 0 Å². The highest BCUT2D eigenvalue weighted by atomic mass is 79.9. The van der Waals surface area contributed by atoms with E-state index in [4.69, 9.17) is 0 Å². The average Bonchev–Trinajstić information content (AvgIpc) is 2.15. The third-order valence-corrected chi connectivity index (χ3v) is 2.64. The molecule has 2 nitrogen and oxygen atoms in total. The molecular formula is C10H6BrF3O2. The van der Waals surface area contributed by atoms with Gasteiger partial charge < -0.3 is 0 Å². The largest absolute Gasteiger partial charge is 0.417 e. The SMILES string of the molecule is CC(=O)c1cc(C=O)c(Br)cc1C(F)(F)F. The summed E-state index contributed by atoms with van der Waals surface area (Å²) in [5, 5.41) is 0. The second-order valence-corrected chi connectivity index (χ2v) is 3.95. The summed E-state index contributed by atoms with van der Waals surface area (Å²) in [7, 11) is 0. The molecule has 1 aromatic carbocycles. The minimum Gasteiger partial charge on any atom is -0.298 e. The second-order valence-electron chi connectivity index (χ2n) is 3.09. The smallest absolute Gasteiger partial charge is 0.298 e. The van der Waals surface area contributed by atoms with Crippen LogP contribution >= 0.6 is 15.9 Å². The van der Waals surface area contributed by atoms with E-state index in [0.29, 0.717) is 6.29 Å². The van der Waals surface area contributed by atoms with Crippen molar-refractivity contribution in [1.29, 1.82) is 0 Å². The van der Waals surface area contributed by atoms with Crippen LogP contribution in [0.1, 0.15) is 33.2 Å². The molecule has 0 amide bonds. The van der Waals surface area contributed by atoms with Crippen LogP contribution in [0.25, 0.3) is 0 Å². The van der Waals surface area contributed by atoms with Crippen molar-refractivity contribution in [3.8, 4) is 0 Å². The van der Waals surface area contributed by atoms with Crippen molar-refractivity contribution in [3.63, 3.8) is 0 Å². The summed E-state index contributed by atoms with van der Waals surface area (Å²) in [5.41, 5.74) is -1.53. The highest BCUT2D eigenvalue weighted by molar-refractivity contribution is 9.10. The molecule has 0 aliphatic rings. The normalized spacial score (nSPS) is 11.3. The molecular weight excluding hydrogens is 289 g/mol. The van der Waals surface area contributed by atoms with E-state index in [1.165, 1.54) is 0 Å². The van der Waals surface area contributed by atoms with Gasteiger partial charge in [-0.3, -0.25) is 9.59 Å². The lowest BCUT2D eigenvalue weighted by molar-refractivity contribution is -0.137. The monoisotopic (exact) mass is 294 g/mol. The molecule has 0 radical (unpaired) electrons. The van der Waals surface area contributed by atoms with Crippen molar-refractivity contribution in [2.24, 2.45) is 0 Å². The van der Waals surface area contributed by atoms with E-state index in [2.05, 4.69) is 15.9 Å². The van der Waals surface area contributed by atoms with Gasteiger partial charge in [0.25, 0.3) is 0 Å². The summed E-state index contributed by atoms with van der Waals surface area (Å²) in [6, 6.07) is 1.67. The van der Waals surface area contributed by atoms with Crippen LogP contribution < -0.4 is 0 Å². The highest BCUT2D eigenvalue weighted by Gasteiger charge is 2.35. The molecule has 0 bridgehead atoms. The summed E-state index contributed by atoms with van der Waals surface area (Å²) < 4.78 is 37.7. The van der Waals surface area contributed by atoms with Crippen LogP contribution in [0.3, 0.4) is 0 Å². The van der Waals surface area contributed by atoms with E-state index < -0.39 is 23.1 Å². The second kappa shape index (κ2) is 4.37. The summed E-state index contributed by atoms with van der Waals surface area (Å²) in [4.78, 5) is 21.6. The minimum atomic E-state index is -4.62. The van der Waals surface area contributed by atoms with Crippen LogP contribution in [0.4, 0.5) is 13.2 Å². The summed E-state index contributed by atoms with van der Waals surface area (Å²) in [6.07, 6.45) is -4.23. The van der Waals surface area contributed by atoms with Crippen molar-refractivity contribution in [2.75, 3.05) is 0 Å². The maximum Gasteiger partial charge on any atom is 0.417 e. The van der Waals surface area contributed by atoms with E-state index in [1.54, 1.807) is 0 Å². The molecule has 0 aromatic heterocycles. The van der Waals surface area contributed by atoms with Gasteiger partial charge in [-0.25, -0.2) is 0 Å². The summed E-state index contributed by atoms with van der Waals surface area (Å²) in [5.74, 6) is -0.733. The molecule has 16 heavy (non-hydrogen) atoms. The summed E-state index contributed by atoms with van der Waals surface area (Å²) >= 11 is 2.84. The Morgan fingerprint density at radius 1 is 1.38 bits per heavy atom. The average molecular weight is 295 g/mol. The van der Waals surface area contributed by atoms with E-state index in [9.17, 15) is 22.8 Å². The fraction of sp³-hybridized carbons (Fsp3) is 0.200. The number of alkyl halides is 3. The Hall–Kier alpha value is -1.17. The van der Waals surface area contributed by atoms with E-state index in [1.807, 2.05) is 0 Å². The predicted molar refractivity (Wildman–Crippen MR) is 54.5 cm³/mol. The van der Waals surface area contributed by atoms with E-state index >= 15 is 0 Å². The Morgan fingerprint density at radius 3 is 2.31 bits per heavy atom. The topological polar surface area (TPSA) is 34.1 Å². The van der Waals surface area contributed by atoms with Gasteiger partial charge in [0.2, 0.25) is 0 Å². The molecule has 0 spiro atoms. The highest BCUT2D eigenvalue weighted by Crippen LogP contribution is 2.35. The number of hydrogen-bond acceptors (Lipinski definition) is 2. The van der Waals surface area contributed by atoms with Gasteiger partial charge in [-0.2, -0.15) is 13.2 Å². The maximum absolute atomic E-state index is 12.6. The summed E-state index contributed by atoms with van der Waals surface area (Å²) in [6.45, 7) is 1.02. The number of benzene rings is 1. The number of hydrogen-bond donors (Lipinski definition) is 0. The third kappa shape index (κ3) is 2.49. The van der Waals surface area contributed by atoms with Crippen LogP contribution in [0.5, 0.6) is 0 Å². The van der Waals surface area contributed by atoms with Crippen LogP contribution in [-0.4, -0.2) is 12.1 Å². The van der Waals surface area contributed by atoms with Gasteiger partial charge in [0, 0.05) is 15.6 Å². The number of ketones is 1. The quantitative estimate of drug-likeness (QED) is 0.618. The van der Waals surface area contributed by atoms with Crippen LogP contribution in [0, 0.1) is 0 Å². The lowest BCUT2D eigenvalue weighted by Gasteiger charge is -2.12. The van der Waals surface area contributed by atoms with E-state index in [-0.39, 0.29) is 10.0 Å². The first kappa shape index (κ1) is 12.9. The number of aldehydes is 1. The minimum absolute atomic E-state index is 0.0122. The zero-order valence-electron chi connectivity index (χ0n) is 8.06. The Bertz CT molecular complexity index is 452. The number of Topliss-reactive ketones (excluding diaryl/α,β-unsaturated/α-hetero) is 1. The van der Waals surface area contributed by atoms with Crippen molar-refractivity contribution in [3.05, 3.63) is 33.3 Å². The van der Waals surface area contributed by atoms with Crippen LogP contribution in [-0.2, 0) is 6.18 Å². The number of carbonyl (C=O) groups is 2. The fourth-order valence-corrected chi connectivity index (χ4v) is 1.64. The zero-order chi connectivity index (χ0) is 12.5. The van der Waals surface area contributed by atoms with Crippen molar-refractivity contribution in [2.45, 2.75) is 13.1 Å². The third-order valence-electron chi connectivity index (χ3n) is 1.95. The number of carbonyl (C=O) groups excluding carboxylic acids is 2. The molecule has 6 heteroatoms. The van der Waals surface area contributed by atoms with Crippen molar-refractivity contribution < 1.29 is 22.8 Å². The first-order valence-electron chi connectivity index (χ1n) is 4.14. The lowest BCUT2D eigenvalue weighted by Crippen LogP contribution is -2.12. The molecule has 1 aromatic rings. The molecule has 0 saturated heterocycles. The molecule has 0 saturated carbocycles. The standard InChI is InChI=1S/C10H6BrF3O2/c1-5(16)7-2-6(4-15)9(11)3-8(7)10(12,13)14/h2-4H,1H3. The molecule has 0 atom stereocenters. The number of halogens is 4. The number of rotatable bonds is 2. The Kier molecular flexibility index (Phi) is 3.52. The molecule has 0 aliphatic heterocycles. The fourth-order valence-electron chi connectivity index (χ4n) is 1.21. The Labute approximate surface area is 97.6 Å². The first-order chi connectivity index (χ1) is 7.27. The maximum atomic E-state index is 12.6. The van der Waals surface area contributed by atoms with Gasteiger partial charge in [-0.1, -0.05) is 15.9 Å². The Balaban J connectivity index is 3.55. The molecule has 0 heterocycles.